The maximum Gasteiger partial charge on any atom is 0.163 e. The van der Waals surface area contributed by atoms with Gasteiger partial charge in [0.1, 0.15) is 0 Å². The van der Waals surface area contributed by atoms with Crippen molar-refractivity contribution in [2.75, 3.05) is 0 Å². The van der Waals surface area contributed by atoms with Crippen LogP contribution in [0.5, 0.6) is 0 Å². The number of nitrogens with zero attached hydrogens (tertiary/aromatic N) is 2. The van der Waals surface area contributed by atoms with Crippen LogP contribution in [-0.2, 0) is 13.5 Å². The van der Waals surface area contributed by atoms with Crippen LogP contribution in [0.2, 0.25) is 5.02 Å². The Morgan fingerprint density at radius 3 is 2.70 bits per heavy atom. The second kappa shape index (κ2) is 5.87. The highest BCUT2D eigenvalue weighted by atomic mass is 35.5. The van der Waals surface area contributed by atoms with Crippen molar-refractivity contribution in [3.05, 3.63) is 51.8 Å². The molecule has 0 saturated heterocycles. The molecule has 108 valence electrons. The van der Waals surface area contributed by atoms with Crippen LogP contribution in [0.3, 0.4) is 0 Å². The molecule has 2 rings (SSSR count). The zero-order valence-electron chi connectivity index (χ0n) is 11.1. The second-order valence-corrected chi connectivity index (χ2v) is 4.91. The number of hydrogen-bond donors (Lipinski definition) is 2. The molecular weight excluding hydrogens is 286 g/mol. The van der Waals surface area contributed by atoms with Crippen molar-refractivity contribution in [1.82, 2.24) is 15.2 Å². The van der Waals surface area contributed by atoms with E-state index in [1.165, 1.54) is 12.1 Å². The van der Waals surface area contributed by atoms with Gasteiger partial charge in [-0.1, -0.05) is 23.7 Å². The first-order valence-electron chi connectivity index (χ1n) is 6.03. The first-order valence-corrected chi connectivity index (χ1v) is 6.41. The van der Waals surface area contributed by atoms with Crippen LogP contribution in [0, 0.1) is 18.6 Å². The molecule has 0 saturated carbocycles. The van der Waals surface area contributed by atoms with E-state index in [2.05, 4.69) is 10.5 Å². The summed E-state index contributed by atoms with van der Waals surface area (Å²) in [6, 6.07) is 3.39. The van der Waals surface area contributed by atoms with Crippen LogP contribution in [0.15, 0.2) is 18.2 Å². The van der Waals surface area contributed by atoms with Crippen LogP contribution >= 0.6 is 11.6 Å². The fraction of sp³-hybridized carbons (Fsp3) is 0.308. The molecule has 1 unspecified atom stereocenters. The van der Waals surface area contributed by atoms with Crippen molar-refractivity contribution >= 4 is 11.6 Å². The average molecular weight is 301 g/mol. The quantitative estimate of drug-likeness (QED) is 0.673. The summed E-state index contributed by atoms with van der Waals surface area (Å²) in [4.78, 5) is 0. The summed E-state index contributed by atoms with van der Waals surface area (Å²) in [5, 5.41) is 4.68. The SMILES string of the molecule is Cc1nn(C)c(CC(NN)c2cccc(F)c2F)c1Cl. The molecule has 0 aliphatic heterocycles. The van der Waals surface area contributed by atoms with Crippen LogP contribution in [0.25, 0.3) is 0 Å². The molecule has 7 heteroatoms. The molecule has 1 aromatic carbocycles. The van der Waals surface area contributed by atoms with Crippen LogP contribution < -0.4 is 11.3 Å². The molecule has 0 radical (unpaired) electrons. The number of rotatable bonds is 4. The fourth-order valence-electron chi connectivity index (χ4n) is 2.14. The van der Waals surface area contributed by atoms with E-state index in [-0.39, 0.29) is 5.56 Å². The number of aromatic nitrogens is 2. The van der Waals surface area contributed by atoms with Crippen molar-refractivity contribution in [3.63, 3.8) is 0 Å². The van der Waals surface area contributed by atoms with E-state index in [1.807, 2.05) is 0 Å². The number of hydrazine groups is 1. The van der Waals surface area contributed by atoms with Gasteiger partial charge in [0.25, 0.3) is 0 Å². The van der Waals surface area contributed by atoms with E-state index in [0.29, 0.717) is 22.8 Å². The number of nitrogens with one attached hydrogen (secondary N) is 1. The third-order valence-corrected chi connectivity index (χ3v) is 3.71. The Morgan fingerprint density at radius 1 is 1.45 bits per heavy atom. The Morgan fingerprint density at radius 2 is 2.15 bits per heavy atom. The third-order valence-electron chi connectivity index (χ3n) is 3.22. The topological polar surface area (TPSA) is 55.9 Å². The monoisotopic (exact) mass is 300 g/mol. The van der Waals surface area contributed by atoms with Crippen LogP contribution in [0.1, 0.15) is 23.0 Å². The van der Waals surface area contributed by atoms with Gasteiger partial charge in [0.15, 0.2) is 11.6 Å². The van der Waals surface area contributed by atoms with Gasteiger partial charge in [-0.3, -0.25) is 16.0 Å². The van der Waals surface area contributed by atoms with Gasteiger partial charge in [-0.05, 0) is 13.0 Å². The van der Waals surface area contributed by atoms with Crippen molar-refractivity contribution in [2.24, 2.45) is 12.9 Å². The zero-order chi connectivity index (χ0) is 14.9. The summed E-state index contributed by atoms with van der Waals surface area (Å²) < 4.78 is 28.7. The fourth-order valence-corrected chi connectivity index (χ4v) is 2.38. The predicted molar refractivity (Wildman–Crippen MR) is 73.1 cm³/mol. The van der Waals surface area contributed by atoms with Gasteiger partial charge >= 0.3 is 0 Å². The summed E-state index contributed by atoms with van der Waals surface area (Å²) >= 11 is 6.15. The van der Waals surface area contributed by atoms with Crippen molar-refractivity contribution < 1.29 is 8.78 Å². The lowest BCUT2D eigenvalue weighted by Gasteiger charge is -2.17. The van der Waals surface area contributed by atoms with E-state index in [1.54, 1.807) is 18.7 Å². The van der Waals surface area contributed by atoms with Crippen molar-refractivity contribution in [3.8, 4) is 0 Å². The lowest BCUT2D eigenvalue weighted by atomic mass is 10.0. The molecule has 0 aliphatic carbocycles. The Labute approximate surface area is 120 Å². The summed E-state index contributed by atoms with van der Waals surface area (Å²) in [5.74, 6) is 3.65. The molecular formula is C13H15ClF2N4. The van der Waals surface area contributed by atoms with Gasteiger partial charge in [0, 0.05) is 19.0 Å². The number of halogens is 3. The summed E-state index contributed by atoms with van der Waals surface area (Å²) in [6.45, 7) is 1.78. The van der Waals surface area contributed by atoms with Gasteiger partial charge in [0.05, 0.1) is 22.5 Å². The van der Waals surface area contributed by atoms with E-state index >= 15 is 0 Å². The highest BCUT2D eigenvalue weighted by molar-refractivity contribution is 6.31. The molecule has 2 aromatic rings. The molecule has 1 heterocycles. The van der Waals surface area contributed by atoms with E-state index in [0.717, 1.165) is 6.07 Å². The molecule has 0 amide bonds. The molecule has 4 nitrogen and oxygen atoms in total. The maximum absolute atomic E-state index is 13.8. The lowest BCUT2D eigenvalue weighted by molar-refractivity contribution is 0.459. The molecule has 0 spiro atoms. The number of aryl methyl sites for hydroxylation is 2. The van der Waals surface area contributed by atoms with Crippen molar-refractivity contribution in [1.29, 1.82) is 0 Å². The summed E-state index contributed by atoms with van der Waals surface area (Å²) in [6.07, 6.45) is 0.299. The van der Waals surface area contributed by atoms with Crippen molar-refractivity contribution in [2.45, 2.75) is 19.4 Å². The predicted octanol–water partition coefficient (Wildman–Crippen LogP) is 2.41. The lowest BCUT2D eigenvalue weighted by Crippen LogP contribution is -2.31. The molecule has 0 fully saturated rings. The van der Waals surface area contributed by atoms with Gasteiger partial charge in [-0.15, -0.1) is 0 Å². The standard InChI is InChI=1S/C13H15ClF2N4/c1-7-12(14)11(20(2)19-7)6-10(18-17)8-4-3-5-9(15)13(8)16/h3-5,10,18H,6,17H2,1-2H3. The Kier molecular flexibility index (Phi) is 4.37. The zero-order valence-corrected chi connectivity index (χ0v) is 11.9. The number of benzene rings is 1. The van der Waals surface area contributed by atoms with Crippen LogP contribution in [-0.4, -0.2) is 9.78 Å². The normalized spacial score (nSPS) is 12.7. The molecule has 20 heavy (non-hydrogen) atoms. The Hall–Kier alpha value is -1.50. The smallest absolute Gasteiger partial charge is 0.163 e. The van der Waals surface area contributed by atoms with E-state index in [9.17, 15) is 8.78 Å². The third kappa shape index (κ3) is 2.67. The minimum atomic E-state index is -0.912. The Bertz CT molecular complexity index is 627. The van der Waals surface area contributed by atoms with Gasteiger partial charge in [0.2, 0.25) is 0 Å². The minimum absolute atomic E-state index is 0.155. The summed E-state index contributed by atoms with van der Waals surface area (Å²) in [7, 11) is 1.74. The Balaban J connectivity index is 2.36. The molecule has 3 N–H and O–H groups in total. The van der Waals surface area contributed by atoms with Gasteiger partial charge < -0.3 is 0 Å². The maximum atomic E-state index is 13.8. The number of hydrogen-bond acceptors (Lipinski definition) is 3. The second-order valence-electron chi connectivity index (χ2n) is 4.54. The average Bonchev–Trinajstić information content (AvgIpc) is 2.65. The highest BCUT2D eigenvalue weighted by Gasteiger charge is 2.21. The van der Waals surface area contributed by atoms with Crippen LogP contribution in [0.4, 0.5) is 8.78 Å². The molecule has 1 atom stereocenters. The largest absolute Gasteiger partial charge is 0.271 e. The van der Waals surface area contributed by atoms with E-state index in [4.69, 9.17) is 17.4 Å². The minimum Gasteiger partial charge on any atom is -0.271 e. The first kappa shape index (κ1) is 14.9. The molecule has 0 bridgehead atoms. The highest BCUT2D eigenvalue weighted by Crippen LogP contribution is 2.27. The molecule has 0 aliphatic rings. The van der Waals surface area contributed by atoms with Gasteiger partial charge in [-0.25, -0.2) is 8.78 Å². The summed E-state index contributed by atoms with van der Waals surface area (Å²) in [5.41, 5.74) is 4.03. The van der Waals surface area contributed by atoms with E-state index < -0.39 is 17.7 Å². The first-order chi connectivity index (χ1) is 9.45. The number of nitrogens with two attached hydrogens (primary N) is 1. The van der Waals surface area contributed by atoms with Gasteiger partial charge in [-0.2, -0.15) is 5.10 Å². The molecule has 1 aromatic heterocycles.